The molecule has 0 saturated carbocycles. The summed E-state index contributed by atoms with van der Waals surface area (Å²) in [4.78, 5) is 38.1. The smallest absolute Gasteiger partial charge is 0.278 e. The lowest BCUT2D eigenvalue weighted by Crippen LogP contribution is -2.31. The Hall–Kier alpha value is -4.40. The number of benzene rings is 2. The minimum Gasteiger partial charge on any atom is -0.492 e. The number of rotatable bonds is 8. The van der Waals surface area contributed by atoms with Crippen molar-refractivity contribution >= 4 is 28.8 Å². The molecule has 162 valence electrons. The second-order valence-corrected chi connectivity index (χ2v) is 6.88. The van der Waals surface area contributed by atoms with Crippen LogP contribution in [0.2, 0.25) is 0 Å². The van der Waals surface area contributed by atoms with Crippen molar-refractivity contribution in [2.45, 2.75) is 13.5 Å². The fraction of sp³-hybridized carbons (Fsp3) is 0.130. The van der Waals surface area contributed by atoms with E-state index in [1.54, 1.807) is 36.4 Å². The Labute approximate surface area is 183 Å². The van der Waals surface area contributed by atoms with Crippen molar-refractivity contribution in [3.63, 3.8) is 0 Å². The van der Waals surface area contributed by atoms with E-state index in [4.69, 9.17) is 9.15 Å². The molecule has 2 amide bonds. The minimum atomic E-state index is -0.536. The first kappa shape index (κ1) is 20.9. The van der Waals surface area contributed by atoms with Crippen LogP contribution in [0.25, 0.3) is 5.57 Å². The zero-order valence-corrected chi connectivity index (χ0v) is 17.1. The predicted molar refractivity (Wildman–Crippen MR) is 116 cm³/mol. The van der Waals surface area contributed by atoms with Gasteiger partial charge in [-0.25, -0.2) is 0 Å². The summed E-state index contributed by atoms with van der Waals surface area (Å²) in [6, 6.07) is 15.9. The second-order valence-electron chi connectivity index (χ2n) is 6.88. The van der Waals surface area contributed by atoms with E-state index in [-0.39, 0.29) is 23.5 Å². The highest BCUT2D eigenvalue weighted by atomic mass is 16.6. The van der Waals surface area contributed by atoms with Gasteiger partial charge in [0.15, 0.2) is 0 Å². The molecule has 0 saturated heterocycles. The van der Waals surface area contributed by atoms with Crippen LogP contribution in [0.4, 0.5) is 11.4 Å². The molecular formula is C23H19N3O6. The van der Waals surface area contributed by atoms with Gasteiger partial charge in [0, 0.05) is 12.1 Å². The average molecular weight is 433 g/mol. The van der Waals surface area contributed by atoms with E-state index in [1.807, 2.05) is 6.92 Å². The highest BCUT2D eigenvalue weighted by Crippen LogP contribution is 2.34. The number of nitro groups is 1. The largest absolute Gasteiger partial charge is 0.492 e. The Morgan fingerprint density at radius 2 is 1.78 bits per heavy atom. The highest BCUT2D eigenvalue weighted by Gasteiger charge is 2.40. The molecule has 4 rings (SSSR count). The number of carbonyl (C=O) groups excluding carboxylic acids is 2. The maximum absolute atomic E-state index is 13.3. The van der Waals surface area contributed by atoms with E-state index >= 15 is 0 Å². The molecular weight excluding hydrogens is 414 g/mol. The number of amides is 2. The minimum absolute atomic E-state index is 0.0422. The molecule has 2 heterocycles. The fourth-order valence-electron chi connectivity index (χ4n) is 3.40. The molecule has 1 N–H and O–H groups in total. The number of hydrogen-bond donors (Lipinski definition) is 1. The number of anilines is 1. The monoisotopic (exact) mass is 433 g/mol. The predicted octanol–water partition coefficient (Wildman–Crippen LogP) is 3.98. The zero-order chi connectivity index (χ0) is 22.7. The van der Waals surface area contributed by atoms with Crippen molar-refractivity contribution in [2.75, 3.05) is 11.9 Å². The van der Waals surface area contributed by atoms with E-state index in [1.165, 1.54) is 30.5 Å². The summed E-state index contributed by atoms with van der Waals surface area (Å²) in [5.41, 5.74) is 0.956. The summed E-state index contributed by atoms with van der Waals surface area (Å²) in [5.74, 6) is -0.0938. The van der Waals surface area contributed by atoms with Crippen LogP contribution in [-0.4, -0.2) is 28.2 Å². The molecule has 9 nitrogen and oxygen atoms in total. The van der Waals surface area contributed by atoms with Crippen molar-refractivity contribution in [3.8, 4) is 5.75 Å². The van der Waals surface area contributed by atoms with Gasteiger partial charge in [-0.1, -0.05) is 12.1 Å². The van der Waals surface area contributed by atoms with E-state index in [9.17, 15) is 19.7 Å². The molecule has 32 heavy (non-hydrogen) atoms. The molecule has 0 unspecified atom stereocenters. The van der Waals surface area contributed by atoms with Gasteiger partial charge in [-0.15, -0.1) is 0 Å². The Balaban J connectivity index is 1.77. The van der Waals surface area contributed by atoms with Crippen LogP contribution in [0, 0.1) is 10.1 Å². The van der Waals surface area contributed by atoms with Crippen molar-refractivity contribution in [2.24, 2.45) is 0 Å². The normalized spacial score (nSPS) is 13.6. The summed E-state index contributed by atoms with van der Waals surface area (Å²) in [6.07, 6.45) is 1.46. The van der Waals surface area contributed by atoms with Crippen LogP contribution in [0.1, 0.15) is 18.2 Å². The topological polar surface area (TPSA) is 115 Å². The maximum Gasteiger partial charge on any atom is 0.278 e. The molecule has 9 heteroatoms. The van der Waals surface area contributed by atoms with Crippen molar-refractivity contribution < 1.29 is 23.7 Å². The summed E-state index contributed by atoms with van der Waals surface area (Å²) in [5, 5.41) is 14.1. The molecule has 2 aromatic carbocycles. The van der Waals surface area contributed by atoms with Gasteiger partial charge in [-0.05, 0) is 48.9 Å². The summed E-state index contributed by atoms with van der Waals surface area (Å²) < 4.78 is 10.9. The number of nitrogens with one attached hydrogen (secondary N) is 1. The molecule has 0 aliphatic carbocycles. The molecule has 3 aromatic rings. The first-order valence-corrected chi connectivity index (χ1v) is 9.86. The van der Waals surface area contributed by atoms with Gasteiger partial charge in [0.2, 0.25) is 0 Å². The van der Waals surface area contributed by atoms with Crippen LogP contribution in [0.5, 0.6) is 5.75 Å². The van der Waals surface area contributed by atoms with Gasteiger partial charge in [-0.3, -0.25) is 24.6 Å². The van der Waals surface area contributed by atoms with Gasteiger partial charge >= 0.3 is 0 Å². The van der Waals surface area contributed by atoms with Crippen LogP contribution >= 0.6 is 0 Å². The van der Waals surface area contributed by atoms with Gasteiger partial charge in [0.1, 0.15) is 17.2 Å². The first-order chi connectivity index (χ1) is 15.5. The van der Waals surface area contributed by atoms with Gasteiger partial charge in [-0.2, -0.15) is 0 Å². The Kier molecular flexibility index (Phi) is 5.71. The number of nitrogens with zero attached hydrogens (tertiary/aromatic N) is 2. The third kappa shape index (κ3) is 3.95. The summed E-state index contributed by atoms with van der Waals surface area (Å²) in [6.45, 7) is 2.22. The quantitative estimate of drug-likeness (QED) is 0.325. The molecule has 1 aliphatic rings. The van der Waals surface area contributed by atoms with Gasteiger partial charge in [0.05, 0.1) is 35.6 Å². The number of nitro benzene ring substituents is 1. The highest BCUT2D eigenvalue weighted by molar-refractivity contribution is 6.36. The van der Waals surface area contributed by atoms with E-state index in [0.29, 0.717) is 29.4 Å². The number of ether oxygens (including phenoxy) is 1. The van der Waals surface area contributed by atoms with Crippen LogP contribution in [0.15, 0.2) is 77.0 Å². The number of furan rings is 1. The van der Waals surface area contributed by atoms with Crippen LogP contribution in [0.3, 0.4) is 0 Å². The molecule has 0 atom stereocenters. The van der Waals surface area contributed by atoms with Crippen molar-refractivity contribution in [3.05, 3.63) is 94.1 Å². The van der Waals surface area contributed by atoms with Crippen molar-refractivity contribution in [1.82, 2.24) is 4.90 Å². The Morgan fingerprint density at radius 1 is 1.03 bits per heavy atom. The Morgan fingerprint density at radius 3 is 2.44 bits per heavy atom. The summed E-state index contributed by atoms with van der Waals surface area (Å²) in [7, 11) is 0. The van der Waals surface area contributed by atoms with E-state index < -0.39 is 16.7 Å². The third-order valence-corrected chi connectivity index (χ3v) is 4.88. The van der Waals surface area contributed by atoms with E-state index in [2.05, 4.69) is 5.32 Å². The molecule has 0 radical (unpaired) electrons. The SMILES string of the molecule is CCOc1ccccc1NC1=C(c2ccc([N+](=O)[O-])cc2)C(=O)N(Cc2ccco2)C1=O. The van der Waals surface area contributed by atoms with E-state index in [0.717, 1.165) is 4.90 Å². The molecule has 0 spiro atoms. The molecule has 1 aliphatic heterocycles. The van der Waals surface area contributed by atoms with Crippen LogP contribution < -0.4 is 10.1 Å². The molecule has 1 aromatic heterocycles. The van der Waals surface area contributed by atoms with Crippen molar-refractivity contribution in [1.29, 1.82) is 0 Å². The Bertz CT molecular complexity index is 1200. The average Bonchev–Trinajstić information content (AvgIpc) is 3.38. The lowest BCUT2D eigenvalue weighted by Gasteiger charge is -2.15. The first-order valence-electron chi connectivity index (χ1n) is 9.86. The molecule has 0 fully saturated rings. The summed E-state index contributed by atoms with van der Waals surface area (Å²) >= 11 is 0. The standard InChI is InChI=1S/C23H19N3O6/c1-2-31-19-8-4-3-7-18(19)24-21-20(15-9-11-16(12-10-15)26(29)30)22(27)25(23(21)28)14-17-6-5-13-32-17/h3-13,24H,2,14H2,1H3. The lowest BCUT2D eigenvalue weighted by atomic mass is 10.0. The number of hydrogen-bond acceptors (Lipinski definition) is 7. The number of non-ortho nitro benzene ring substituents is 1. The maximum atomic E-state index is 13.3. The van der Waals surface area contributed by atoms with Gasteiger partial charge < -0.3 is 14.5 Å². The van der Waals surface area contributed by atoms with Crippen LogP contribution in [-0.2, 0) is 16.1 Å². The zero-order valence-electron chi connectivity index (χ0n) is 17.1. The second kappa shape index (κ2) is 8.76. The number of para-hydroxylation sites is 2. The lowest BCUT2D eigenvalue weighted by molar-refractivity contribution is -0.384. The number of carbonyl (C=O) groups is 2. The molecule has 0 bridgehead atoms. The van der Waals surface area contributed by atoms with Gasteiger partial charge in [0.25, 0.3) is 17.5 Å². The third-order valence-electron chi connectivity index (χ3n) is 4.88. The number of imide groups is 1. The fourth-order valence-corrected chi connectivity index (χ4v) is 3.40.